The predicted octanol–water partition coefficient (Wildman–Crippen LogP) is 3.64. The number of fused-ring (bicyclic) bond motifs is 1. The highest BCUT2D eigenvalue weighted by atomic mass is 35.5. The molecule has 0 saturated carbocycles. The molecule has 0 radical (unpaired) electrons. The molecule has 5 heteroatoms. The van der Waals surface area contributed by atoms with Crippen LogP contribution in [0, 0.1) is 0 Å². The van der Waals surface area contributed by atoms with Gasteiger partial charge in [-0.05, 0) is 35.4 Å². The van der Waals surface area contributed by atoms with Crippen LogP contribution in [0.25, 0.3) is 11.1 Å². The van der Waals surface area contributed by atoms with E-state index in [4.69, 9.17) is 21.1 Å². The Morgan fingerprint density at radius 3 is 2.67 bits per heavy atom. The third-order valence-corrected chi connectivity index (χ3v) is 2.99. The zero-order valence-electron chi connectivity index (χ0n) is 9.43. The second-order valence-corrected chi connectivity index (χ2v) is 4.01. The first-order chi connectivity index (χ1) is 8.38. The van der Waals surface area contributed by atoms with Crippen LogP contribution in [0.3, 0.4) is 0 Å². The zero-order chi connectivity index (χ0) is 11.7. The van der Waals surface area contributed by atoms with E-state index in [9.17, 15) is 0 Å². The summed E-state index contributed by atoms with van der Waals surface area (Å²) in [5.74, 6) is 1.99. The minimum absolute atomic E-state index is 0. The molecule has 1 aromatic heterocycles. The highest BCUT2D eigenvalue weighted by molar-refractivity contribution is 6.17. The molecule has 0 spiro atoms. The fraction of sp³-hybridized carbons (Fsp3) is 0.154. The van der Waals surface area contributed by atoms with Crippen molar-refractivity contribution in [3.05, 3.63) is 42.2 Å². The third kappa shape index (κ3) is 2.24. The van der Waals surface area contributed by atoms with Gasteiger partial charge in [0.2, 0.25) is 6.79 Å². The van der Waals surface area contributed by atoms with E-state index < -0.39 is 0 Å². The summed E-state index contributed by atoms with van der Waals surface area (Å²) in [7, 11) is 0. The molecule has 0 bridgehead atoms. The number of aromatic nitrogens is 1. The minimum atomic E-state index is 0. The molecule has 1 aliphatic heterocycles. The lowest BCUT2D eigenvalue weighted by molar-refractivity contribution is 0.174. The van der Waals surface area contributed by atoms with Gasteiger partial charge in [0, 0.05) is 23.8 Å². The van der Waals surface area contributed by atoms with E-state index in [0.29, 0.717) is 5.88 Å². The second-order valence-electron chi connectivity index (χ2n) is 3.75. The summed E-state index contributed by atoms with van der Waals surface area (Å²) in [6.45, 7) is 0.263. The van der Waals surface area contributed by atoms with Crippen LogP contribution in [0.4, 0.5) is 0 Å². The molecular formula is C13H11Cl2NO2. The van der Waals surface area contributed by atoms with Gasteiger partial charge in [0.25, 0.3) is 0 Å². The summed E-state index contributed by atoms with van der Waals surface area (Å²) in [5, 5.41) is 0. The number of nitrogens with zero attached hydrogens (tertiary/aromatic N) is 1. The Morgan fingerprint density at radius 2 is 1.94 bits per heavy atom. The monoisotopic (exact) mass is 283 g/mol. The number of halogens is 2. The lowest BCUT2D eigenvalue weighted by Gasteiger charge is -2.07. The predicted molar refractivity (Wildman–Crippen MR) is 72.6 cm³/mol. The Kier molecular flexibility index (Phi) is 3.94. The lowest BCUT2D eigenvalue weighted by Crippen LogP contribution is -1.93. The molecule has 1 aliphatic rings. The van der Waals surface area contributed by atoms with Crippen molar-refractivity contribution < 1.29 is 9.47 Å². The smallest absolute Gasteiger partial charge is 0.231 e. The first-order valence-electron chi connectivity index (χ1n) is 5.27. The molecule has 0 N–H and O–H groups in total. The molecule has 0 aliphatic carbocycles. The Balaban J connectivity index is 0.00000120. The number of ether oxygens (including phenoxy) is 2. The van der Waals surface area contributed by atoms with E-state index in [-0.39, 0.29) is 19.2 Å². The molecule has 0 fully saturated rings. The van der Waals surface area contributed by atoms with Gasteiger partial charge >= 0.3 is 0 Å². The largest absolute Gasteiger partial charge is 0.454 e. The summed E-state index contributed by atoms with van der Waals surface area (Å²) in [6, 6.07) is 7.82. The summed E-state index contributed by atoms with van der Waals surface area (Å²) in [5.41, 5.74) is 3.06. The average Bonchev–Trinajstić information content (AvgIpc) is 2.86. The third-order valence-electron chi connectivity index (χ3n) is 2.68. The second kappa shape index (κ2) is 5.46. The van der Waals surface area contributed by atoms with Gasteiger partial charge in [-0.15, -0.1) is 24.0 Å². The molecular weight excluding hydrogens is 273 g/mol. The van der Waals surface area contributed by atoms with E-state index >= 15 is 0 Å². The van der Waals surface area contributed by atoms with Gasteiger partial charge < -0.3 is 9.47 Å². The Morgan fingerprint density at radius 1 is 1.17 bits per heavy atom. The van der Waals surface area contributed by atoms with Crippen molar-refractivity contribution in [2.45, 2.75) is 5.88 Å². The van der Waals surface area contributed by atoms with Crippen LogP contribution in [-0.2, 0) is 5.88 Å². The van der Waals surface area contributed by atoms with Gasteiger partial charge in [-0.3, -0.25) is 4.98 Å². The molecule has 1 aromatic carbocycles. The molecule has 2 heterocycles. The number of alkyl halides is 1. The molecule has 3 rings (SSSR count). The topological polar surface area (TPSA) is 31.4 Å². The molecule has 0 saturated heterocycles. The first kappa shape index (κ1) is 13.0. The van der Waals surface area contributed by atoms with Crippen molar-refractivity contribution in [3.63, 3.8) is 0 Å². The number of benzene rings is 1. The van der Waals surface area contributed by atoms with Crippen LogP contribution in [0.2, 0.25) is 0 Å². The highest BCUT2D eigenvalue weighted by Gasteiger charge is 2.19. The van der Waals surface area contributed by atoms with Crippen LogP contribution in [-0.4, -0.2) is 11.8 Å². The molecule has 0 amide bonds. The maximum Gasteiger partial charge on any atom is 0.231 e. The maximum atomic E-state index is 5.88. The lowest BCUT2D eigenvalue weighted by atomic mass is 10.0. The minimum Gasteiger partial charge on any atom is -0.454 e. The number of pyridine rings is 1. The van der Waals surface area contributed by atoms with Crippen LogP contribution in [0.15, 0.2) is 36.7 Å². The quantitative estimate of drug-likeness (QED) is 0.789. The Bertz CT molecular complexity index is 546. The van der Waals surface area contributed by atoms with Crippen molar-refractivity contribution >= 4 is 24.0 Å². The standard InChI is InChI=1S/C13H10ClNO2.ClH/c14-7-9-5-11(10-1-3-15-4-2-10)13-12(6-9)16-8-17-13;/h1-6H,7-8H2;1H. The Hall–Kier alpha value is -1.45. The van der Waals surface area contributed by atoms with E-state index in [2.05, 4.69) is 4.98 Å². The van der Waals surface area contributed by atoms with E-state index in [1.165, 1.54) is 0 Å². The van der Waals surface area contributed by atoms with Crippen molar-refractivity contribution in [2.75, 3.05) is 6.79 Å². The number of hydrogen-bond donors (Lipinski definition) is 0. The SMILES string of the molecule is Cl.ClCc1cc2c(c(-c3ccncc3)c1)OCO2. The summed E-state index contributed by atoms with van der Waals surface area (Å²) < 4.78 is 10.9. The fourth-order valence-corrected chi connectivity index (χ4v) is 2.04. The van der Waals surface area contributed by atoms with E-state index in [1.807, 2.05) is 24.3 Å². The van der Waals surface area contributed by atoms with Gasteiger partial charge in [0.1, 0.15) is 0 Å². The average molecular weight is 284 g/mol. The molecule has 2 aromatic rings. The fourth-order valence-electron chi connectivity index (χ4n) is 1.89. The van der Waals surface area contributed by atoms with Gasteiger partial charge in [0.15, 0.2) is 11.5 Å². The molecule has 94 valence electrons. The maximum absolute atomic E-state index is 5.88. The van der Waals surface area contributed by atoms with Gasteiger partial charge in [-0.25, -0.2) is 0 Å². The molecule has 0 atom stereocenters. The van der Waals surface area contributed by atoms with Gasteiger partial charge in [-0.2, -0.15) is 0 Å². The van der Waals surface area contributed by atoms with E-state index in [0.717, 1.165) is 28.2 Å². The molecule has 0 unspecified atom stereocenters. The highest BCUT2D eigenvalue weighted by Crippen LogP contribution is 2.42. The first-order valence-corrected chi connectivity index (χ1v) is 5.81. The number of rotatable bonds is 2. The van der Waals surface area contributed by atoms with Crippen molar-refractivity contribution in [3.8, 4) is 22.6 Å². The van der Waals surface area contributed by atoms with Crippen molar-refractivity contribution in [1.29, 1.82) is 0 Å². The summed E-state index contributed by atoms with van der Waals surface area (Å²) >= 11 is 5.88. The zero-order valence-corrected chi connectivity index (χ0v) is 11.0. The van der Waals surface area contributed by atoms with E-state index in [1.54, 1.807) is 12.4 Å². The normalized spacial score (nSPS) is 12.1. The molecule has 3 nitrogen and oxygen atoms in total. The van der Waals surface area contributed by atoms with Gasteiger partial charge in [0.05, 0.1) is 0 Å². The molecule has 18 heavy (non-hydrogen) atoms. The van der Waals surface area contributed by atoms with Crippen LogP contribution in [0.1, 0.15) is 5.56 Å². The Labute approximate surface area is 116 Å². The van der Waals surface area contributed by atoms with Crippen LogP contribution in [0.5, 0.6) is 11.5 Å². The summed E-state index contributed by atoms with van der Waals surface area (Å²) in [6.07, 6.45) is 3.51. The summed E-state index contributed by atoms with van der Waals surface area (Å²) in [4.78, 5) is 4.01. The van der Waals surface area contributed by atoms with Crippen molar-refractivity contribution in [2.24, 2.45) is 0 Å². The number of hydrogen-bond acceptors (Lipinski definition) is 3. The van der Waals surface area contributed by atoms with Crippen LogP contribution >= 0.6 is 24.0 Å². The van der Waals surface area contributed by atoms with Crippen LogP contribution < -0.4 is 9.47 Å². The van der Waals surface area contributed by atoms with Gasteiger partial charge in [-0.1, -0.05) is 0 Å². The van der Waals surface area contributed by atoms with Crippen molar-refractivity contribution in [1.82, 2.24) is 4.98 Å².